The molecule has 24 heavy (non-hydrogen) atoms. The third kappa shape index (κ3) is 4.15. The molecule has 2 aromatic carbocycles. The van der Waals surface area contributed by atoms with Gasteiger partial charge >= 0.3 is 0 Å². The van der Waals surface area contributed by atoms with Gasteiger partial charge in [0.25, 0.3) is 5.91 Å². The van der Waals surface area contributed by atoms with E-state index in [1.54, 1.807) is 7.05 Å². The second kappa shape index (κ2) is 7.97. The van der Waals surface area contributed by atoms with Crippen LogP contribution in [0.2, 0.25) is 0 Å². The predicted molar refractivity (Wildman–Crippen MR) is 95.0 cm³/mol. The summed E-state index contributed by atoms with van der Waals surface area (Å²) in [5.74, 6) is 0.579. The highest BCUT2D eigenvalue weighted by molar-refractivity contribution is 5.78. The summed E-state index contributed by atoms with van der Waals surface area (Å²) >= 11 is 0. The first-order valence-electron chi connectivity index (χ1n) is 8.09. The SMILES string of the molecule is Cc1cccc(C)c1OCC(=O)N(C)C(C)C(O)c1ccccc1. The summed E-state index contributed by atoms with van der Waals surface area (Å²) in [6.45, 7) is 5.69. The van der Waals surface area contributed by atoms with Crippen LogP contribution in [0.3, 0.4) is 0 Å². The molecule has 0 saturated carbocycles. The number of aliphatic hydroxyl groups excluding tert-OH is 1. The van der Waals surface area contributed by atoms with Gasteiger partial charge in [-0.2, -0.15) is 0 Å². The highest BCUT2D eigenvalue weighted by Crippen LogP contribution is 2.23. The first kappa shape index (κ1) is 18.0. The van der Waals surface area contributed by atoms with E-state index in [1.807, 2.05) is 69.3 Å². The number of hydrogen-bond donors (Lipinski definition) is 1. The molecule has 0 radical (unpaired) electrons. The minimum Gasteiger partial charge on any atom is -0.483 e. The zero-order valence-corrected chi connectivity index (χ0v) is 14.7. The number of rotatable bonds is 6. The van der Waals surface area contributed by atoms with Gasteiger partial charge in [-0.1, -0.05) is 48.5 Å². The Labute approximate surface area is 143 Å². The van der Waals surface area contributed by atoms with Gasteiger partial charge in [0.15, 0.2) is 6.61 Å². The van der Waals surface area contributed by atoms with Crippen LogP contribution in [-0.2, 0) is 4.79 Å². The topological polar surface area (TPSA) is 49.8 Å². The van der Waals surface area contributed by atoms with Gasteiger partial charge in [0.2, 0.25) is 0 Å². The van der Waals surface area contributed by atoms with Crippen molar-refractivity contribution in [2.75, 3.05) is 13.7 Å². The van der Waals surface area contributed by atoms with Crippen molar-refractivity contribution in [1.29, 1.82) is 0 Å². The molecule has 0 aliphatic rings. The Balaban J connectivity index is 1.99. The van der Waals surface area contributed by atoms with Crippen LogP contribution in [0.4, 0.5) is 0 Å². The van der Waals surface area contributed by atoms with Crippen LogP contribution >= 0.6 is 0 Å². The highest BCUT2D eigenvalue weighted by Gasteiger charge is 2.24. The van der Waals surface area contributed by atoms with Crippen molar-refractivity contribution in [2.24, 2.45) is 0 Å². The van der Waals surface area contributed by atoms with E-state index in [0.29, 0.717) is 0 Å². The third-order valence-corrected chi connectivity index (χ3v) is 4.35. The fourth-order valence-electron chi connectivity index (χ4n) is 2.63. The van der Waals surface area contributed by atoms with Gasteiger partial charge in [0.05, 0.1) is 12.1 Å². The van der Waals surface area contributed by atoms with Crippen LogP contribution in [-0.4, -0.2) is 35.6 Å². The van der Waals surface area contributed by atoms with E-state index in [0.717, 1.165) is 22.4 Å². The van der Waals surface area contributed by atoms with Crippen molar-refractivity contribution in [2.45, 2.75) is 32.9 Å². The molecule has 0 fully saturated rings. The van der Waals surface area contributed by atoms with E-state index in [4.69, 9.17) is 4.74 Å². The molecule has 0 saturated heterocycles. The van der Waals surface area contributed by atoms with Gasteiger partial charge in [0.1, 0.15) is 5.75 Å². The maximum absolute atomic E-state index is 12.4. The van der Waals surface area contributed by atoms with Crippen molar-refractivity contribution in [3.63, 3.8) is 0 Å². The maximum Gasteiger partial charge on any atom is 0.260 e. The number of carbonyl (C=O) groups is 1. The van der Waals surface area contributed by atoms with Crippen LogP contribution in [0, 0.1) is 13.8 Å². The van der Waals surface area contributed by atoms with E-state index in [9.17, 15) is 9.90 Å². The van der Waals surface area contributed by atoms with Gasteiger partial charge in [-0.05, 0) is 37.5 Å². The largest absolute Gasteiger partial charge is 0.483 e. The van der Waals surface area contributed by atoms with Crippen molar-refractivity contribution in [3.8, 4) is 5.75 Å². The van der Waals surface area contributed by atoms with Crippen LogP contribution in [0.5, 0.6) is 5.75 Å². The molecule has 1 amide bonds. The summed E-state index contributed by atoms with van der Waals surface area (Å²) in [5, 5.41) is 10.4. The molecule has 2 rings (SSSR count). The molecule has 2 unspecified atom stereocenters. The Kier molecular flexibility index (Phi) is 5.99. The molecule has 1 N–H and O–H groups in total. The third-order valence-electron chi connectivity index (χ3n) is 4.35. The summed E-state index contributed by atoms with van der Waals surface area (Å²) in [6.07, 6.45) is -0.736. The molecule has 0 aliphatic heterocycles. The number of nitrogens with zero attached hydrogens (tertiary/aromatic N) is 1. The summed E-state index contributed by atoms with van der Waals surface area (Å²) < 4.78 is 5.71. The van der Waals surface area contributed by atoms with Gasteiger partial charge in [0, 0.05) is 7.05 Å². The van der Waals surface area contributed by atoms with Crippen LogP contribution in [0.25, 0.3) is 0 Å². The highest BCUT2D eigenvalue weighted by atomic mass is 16.5. The van der Waals surface area contributed by atoms with Crippen LogP contribution < -0.4 is 4.74 Å². The number of likely N-dealkylation sites (N-methyl/N-ethyl adjacent to an activating group) is 1. The Bertz CT molecular complexity index is 664. The molecular weight excluding hydrogens is 302 g/mol. The van der Waals surface area contributed by atoms with Gasteiger partial charge in [-0.3, -0.25) is 4.79 Å². The molecule has 0 heterocycles. The van der Waals surface area contributed by atoms with Crippen molar-refractivity contribution in [1.82, 2.24) is 4.90 Å². The number of aliphatic hydroxyl groups is 1. The number of para-hydroxylation sites is 1. The lowest BCUT2D eigenvalue weighted by molar-refractivity contribution is -0.136. The zero-order valence-electron chi connectivity index (χ0n) is 14.7. The lowest BCUT2D eigenvalue weighted by Crippen LogP contribution is -2.41. The van der Waals surface area contributed by atoms with Crippen LogP contribution in [0.1, 0.15) is 29.7 Å². The predicted octanol–water partition coefficient (Wildman–Crippen LogP) is 3.26. The summed E-state index contributed by atoms with van der Waals surface area (Å²) in [4.78, 5) is 13.9. The molecule has 0 bridgehead atoms. The number of ether oxygens (including phenoxy) is 1. The Morgan fingerprint density at radius 2 is 1.67 bits per heavy atom. The normalized spacial score (nSPS) is 13.2. The molecule has 0 aromatic heterocycles. The quantitative estimate of drug-likeness (QED) is 0.886. The van der Waals surface area contributed by atoms with Crippen molar-refractivity contribution >= 4 is 5.91 Å². The van der Waals surface area contributed by atoms with E-state index >= 15 is 0 Å². The molecule has 4 nitrogen and oxygen atoms in total. The average molecular weight is 327 g/mol. The number of aryl methyl sites for hydroxylation is 2. The number of amides is 1. The van der Waals surface area contributed by atoms with Crippen molar-refractivity contribution in [3.05, 3.63) is 65.2 Å². The summed E-state index contributed by atoms with van der Waals surface area (Å²) in [6, 6.07) is 14.9. The monoisotopic (exact) mass is 327 g/mol. The minimum absolute atomic E-state index is 0.0476. The first-order chi connectivity index (χ1) is 11.4. The zero-order chi connectivity index (χ0) is 17.7. The molecule has 4 heteroatoms. The molecule has 0 aliphatic carbocycles. The van der Waals surface area contributed by atoms with Crippen LogP contribution in [0.15, 0.2) is 48.5 Å². The Hall–Kier alpha value is -2.33. The minimum atomic E-state index is -0.736. The number of hydrogen-bond acceptors (Lipinski definition) is 3. The lowest BCUT2D eigenvalue weighted by Gasteiger charge is -2.29. The van der Waals surface area contributed by atoms with Gasteiger partial charge < -0.3 is 14.7 Å². The maximum atomic E-state index is 12.4. The average Bonchev–Trinajstić information content (AvgIpc) is 2.60. The van der Waals surface area contributed by atoms with Gasteiger partial charge in [-0.25, -0.2) is 0 Å². The van der Waals surface area contributed by atoms with Crippen molar-refractivity contribution < 1.29 is 14.6 Å². The van der Waals surface area contributed by atoms with Gasteiger partial charge in [-0.15, -0.1) is 0 Å². The fourth-order valence-corrected chi connectivity index (χ4v) is 2.63. The molecule has 128 valence electrons. The summed E-state index contributed by atoms with van der Waals surface area (Å²) in [7, 11) is 1.69. The molecular formula is C20H25NO3. The second-order valence-electron chi connectivity index (χ2n) is 6.11. The smallest absolute Gasteiger partial charge is 0.260 e. The van der Waals surface area contributed by atoms with E-state index in [1.165, 1.54) is 4.90 Å². The fraction of sp³-hybridized carbons (Fsp3) is 0.350. The molecule has 2 atom stereocenters. The van der Waals surface area contributed by atoms with E-state index < -0.39 is 6.10 Å². The Morgan fingerprint density at radius 3 is 2.25 bits per heavy atom. The van der Waals surface area contributed by atoms with E-state index in [-0.39, 0.29) is 18.6 Å². The lowest BCUT2D eigenvalue weighted by atomic mass is 10.0. The Morgan fingerprint density at radius 1 is 1.08 bits per heavy atom. The molecule has 0 spiro atoms. The standard InChI is InChI=1S/C20H25NO3/c1-14-9-8-10-15(2)20(14)24-13-18(22)21(4)16(3)19(23)17-11-6-5-7-12-17/h5-12,16,19,23H,13H2,1-4H3. The first-order valence-corrected chi connectivity index (χ1v) is 8.09. The second-order valence-corrected chi connectivity index (χ2v) is 6.11. The molecule has 2 aromatic rings. The summed E-state index contributed by atoms with van der Waals surface area (Å²) in [5.41, 5.74) is 2.80. The van der Waals surface area contributed by atoms with E-state index in [2.05, 4.69) is 0 Å². The number of carbonyl (C=O) groups excluding carboxylic acids is 1. The number of benzene rings is 2.